The van der Waals surface area contributed by atoms with Gasteiger partial charge in [-0.1, -0.05) is 13.3 Å². The van der Waals surface area contributed by atoms with Gasteiger partial charge in [-0.25, -0.2) is 0 Å². The zero-order chi connectivity index (χ0) is 10.6. The van der Waals surface area contributed by atoms with Crippen LogP contribution < -0.4 is 5.32 Å². The topological polar surface area (TPSA) is 32.3 Å². The number of carbonyl (C=O) groups is 1. The van der Waals surface area contributed by atoms with Crippen molar-refractivity contribution in [2.24, 2.45) is 5.92 Å². The number of amides is 1. The minimum atomic E-state index is -0.0321. The van der Waals surface area contributed by atoms with Gasteiger partial charge in [0.15, 0.2) is 0 Å². The van der Waals surface area contributed by atoms with Crippen LogP contribution in [0, 0.1) is 5.92 Å². The molecule has 1 fully saturated rings. The van der Waals surface area contributed by atoms with Gasteiger partial charge in [0.05, 0.1) is 6.04 Å². The molecule has 0 aromatic rings. The highest BCUT2D eigenvalue weighted by Gasteiger charge is 2.27. The zero-order valence-corrected chi connectivity index (χ0v) is 9.55. The van der Waals surface area contributed by atoms with E-state index in [4.69, 9.17) is 0 Å². The van der Waals surface area contributed by atoms with E-state index in [1.54, 1.807) is 0 Å². The summed E-state index contributed by atoms with van der Waals surface area (Å²) in [6, 6.07) is -0.0321. The lowest BCUT2D eigenvalue weighted by atomic mass is 10.0. The van der Waals surface area contributed by atoms with E-state index < -0.39 is 0 Å². The van der Waals surface area contributed by atoms with Crippen molar-refractivity contribution in [3.63, 3.8) is 0 Å². The van der Waals surface area contributed by atoms with Gasteiger partial charge in [0.1, 0.15) is 0 Å². The first-order valence-corrected chi connectivity index (χ1v) is 5.65. The third kappa shape index (κ3) is 2.71. The van der Waals surface area contributed by atoms with E-state index in [1.165, 1.54) is 19.3 Å². The van der Waals surface area contributed by atoms with Gasteiger partial charge in [-0.15, -0.1) is 0 Å². The lowest BCUT2D eigenvalue weighted by molar-refractivity contribution is -0.131. The summed E-state index contributed by atoms with van der Waals surface area (Å²) in [4.78, 5) is 13.8. The molecule has 1 amide bonds. The Balaban J connectivity index is 2.37. The molecule has 82 valence electrons. The van der Waals surface area contributed by atoms with E-state index in [9.17, 15) is 4.79 Å². The summed E-state index contributed by atoms with van der Waals surface area (Å²) < 4.78 is 0. The van der Waals surface area contributed by atoms with Crippen LogP contribution in [0.4, 0.5) is 0 Å². The third-order valence-electron chi connectivity index (χ3n) is 3.10. The van der Waals surface area contributed by atoms with E-state index >= 15 is 0 Å². The first-order valence-electron chi connectivity index (χ1n) is 5.65. The minimum Gasteiger partial charge on any atom is -0.341 e. The second-order valence-electron chi connectivity index (χ2n) is 4.24. The molecule has 1 heterocycles. The van der Waals surface area contributed by atoms with Gasteiger partial charge in [0, 0.05) is 13.1 Å². The number of rotatable bonds is 4. The zero-order valence-electron chi connectivity index (χ0n) is 9.55. The van der Waals surface area contributed by atoms with Crippen LogP contribution in [0.1, 0.15) is 33.1 Å². The smallest absolute Gasteiger partial charge is 0.239 e. The Morgan fingerprint density at radius 3 is 2.93 bits per heavy atom. The van der Waals surface area contributed by atoms with Gasteiger partial charge in [0.2, 0.25) is 5.91 Å². The summed E-state index contributed by atoms with van der Waals surface area (Å²) >= 11 is 0. The summed E-state index contributed by atoms with van der Waals surface area (Å²) in [7, 11) is 1.84. The molecule has 2 unspecified atom stereocenters. The largest absolute Gasteiger partial charge is 0.341 e. The molecule has 1 aliphatic rings. The van der Waals surface area contributed by atoms with Gasteiger partial charge < -0.3 is 10.2 Å². The van der Waals surface area contributed by atoms with Crippen molar-refractivity contribution in [3.05, 3.63) is 0 Å². The van der Waals surface area contributed by atoms with Gasteiger partial charge in [0.25, 0.3) is 0 Å². The molecule has 1 N–H and O–H groups in total. The van der Waals surface area contributed by atoms with Crippen molar-refractivity contribution in [2.75, 3.05) is 20.1 Å². The average molecular weight is 198 g/mol. The van der Waals surface area contributed by atoms with E-state index in [2.05, 4.69) is 12.2 Å². The van der Waals surface area contributed by atoms with Crippen LogP contribution in [0.25, 0.3) is 0 Å². The Labute approximate surface area is 86.9 Å². The highest BCUT2D eigenvalue weighted by atomic mass is 16.2. The molecule has 0 aromatic heterocycles. The van der Waals surface area contributed by atoms with Crippen molar-refractivity contribution in [3.8, 4) is 0 Å². The Kier molecular flexibility index (Phi) is 4.39. The standard InChI is InChI=1S/C11H22N2O/c1-4-5-10-6-7-13(8-10)11(14)9(2)12-3/h9-10,12H,4-8H2,1-3H3. The van der Waals surface area contributed by atoms with E-state index in [1.807, 2.05) is 18.9 Å². The minimum absolute atomic E-state index is 0.0321. The average Bonchev–Trinajstić information content (AvgIpc) is 2.64. The summed E-state index contributed by atoms with van der Waals surface area (Å²) in [5.74, 6) is 0.999. The number of hydrogen-bond acceptors (Lipinski definition) is 2. The molecule has 1 aliphatic heterocycles. The van der Waals surface area contributed by atoms with Crippen LogP contribution >= 0.6 is 0 Å². The quantitative estimate of drug-likeness (QED) is 0.737. The molecule has 0 saturated carbocycles. The highest BCUT2D eigenvalue weighted by Crippen LogP contribution is 2.21. The number of nitrogens with zero attached hydrogens (tertiary/aromatic N) is 1. The molecular formula is C11H22N2O. The summed E-state index contributed by atoms with van der Waals surface area (Å²) in [6.45, 7) is 6.06. The molecule has 1 saturated heterocycles. The number of likely N-dealkylation sites (N-methyl/N-ethyl adjacent to an activating group) is 1. The van der Waals surface area contributed by atoms with Crippen molar-refractivity contribution in [1.82, 2.24) is 10.2 Å². The van der Waals surface area contributed by atoms with Crippen molar-refractivity contribution in [2.45, 2.75) is 39.2 Å². The van der Waals surface area contributed by atoms with Crippen LogP contribution in [0.5, 0.6) is 0 Å². The highest BCUT2D eigenvalue weighted by molar-refractivity contribution is 5.81. The van der Waals surface area contributed by atoms with Crippen molar-refractivity contribution in [1.29, 1.82) is 0 Å². The molecule has 0 bridgehead atoms. The molecule has 2 atom stereocenters. The molecule has 1 rings (SSSR count). The van der Waals surface area contributed by atoms with E-state index in [-0.39, 0.29) is 11.9 Å². The van der Waals surface area contributed by atoms with E-state index in [0.717, 1.165) is 19.0 Å². The lowest BCUT2D eigenvalue weighted by Gasteiger charge is -2.20. The number of carbonyl (C=O) groups excluding carboxylic acids is 1. The molecule has 0 aliphatic carbocycles. The van der Waals surface area contributed by atoms with E-state index in [0.29, 0.717) is 0 Å². The maximum absolute atomic E-state index is 11.8. The fraction of sp³-hybridized carbons (Fsp3) is 0.909. The molecule has 0 radical (unpaired) electrons. The summed E-state index contributed by atoms with van der Waals surface area (Å²) in [6.07, 6.45) is 3.68. The SMILES string of the molecule is CCCC1CCN(C(=O)C(C)NC)C1. The van der Waals surface area contributed by atoms with Gasteiger partial charge >= 0.3 is 0 Å². The fourth-order valence-electron chi connectivity index (χ4n) is 2.07. The summed E-state index contributed by atoms with van der Waals surface area (Å²) in [5.41, 5.74) is 0. The third-order valence-corrected chi connectivity index (χ3v) is 3.10. The second-order valence-corrected chi connectivity index (χ2v) is 4.24. The maximum Gasteiger partial charge on any atom is 0.239 e. The lowest BCUT2D eigenvalue weighted by Crippen LogP contribution is -2.42. The predicted octanol–water partition coefficient (Wildman–Crippen LogP) is 1.24. The molecule has 3 nitrogen and oxygen atoms in total. The van der Waals surface area contributed by atoms with Gasteiger partial charge in [-0.3, -0.25) is 4.79 Å². The van der Waals surface area contributed by atoms with Crippen LogP contribution in [0.3, 0.4) is 0 Å². The Morgan fingerprint density at radius 2 is 2.36 bits per heavy atom. The van der Waals surface area contributed by atoms with Crippen LogP contribution in [-0.2, 0) is 4.79 Å². The Morgan fingerprint density at radius 1 is 1.64 bits per heavy atom. The van der Waals surface area contributed by atoms with Crippen molar-refractivity contribution >= 4 is 5.91 Å². The number of likely N-dealkylation sites (tertiary alicyclic amines) is 1. The molecule has 0 spiro atoms. The van der Waals surface area contributed by atoms with Crippen molar-refractivity contribution < 1.29 is 4.79 Å². The van der Waals surface area contributed by atoms with Crippen LogP contribution in [0.15, 0.2) is 0 Å². The monoisotopic (exact) mass is 198 g/mol. The number of nitrogens with one attached hydrogen (secondary N) is 1. The second kappa shape index (κ2) is 5.35. The predicted molar refractivity (Wildman–Crippen MR) is 58.1 cm³/mol. The maximum atomic E-state index is 11.8. The first kappa shape index (κ1) is 11.5. The number of hydrogen-bond donors (Lipinski definition) is 1. The molecule has 14 heavy (non-hydrogen) atoms. The fourth-order valence-corrected chi connectivity index (χ4v) is 2.07. The van der Waals surface area contributed by atoms with Gasteiger partial charge in [-0.05, 0) is 32.7 Å². The Hall–Kier alpha value is -0.570. The first-order chi connectivity index (χ1) is 6.69. The normalized spacial score (nSPS) is 23.9. The van der Waals surface area contributed by atoms with Crippen LogP contribution in [0.2, 0.25) is 0 Å². The summed E-state index contributed by atoms with van der Waals surface area (Å²) in [5, 5.41) is 3.00. The Bertz CT molecular complexity index is 194. The van der Waals surface area contributed by atoms with Gasteiger partial charge in [-0.2, -0.15) is 0 Å². The van der Waals surface area contributed by atoms with Crippen LogP contribution in [-0.4, -0.2) is 37.0 Å². The molecular weight excluding hydrogens is 176 g/mol. The molecule has 3 heteroatoms. The molecule has 0 aromatic carbocycles.